The monoisotopic (exact) mass is 129 g/mol. The maximum absolute atomic E-state index is 8.74. The van der Waals surface area contributed by atoms with Crippen LogP contribution in [-0.4, -0.2) is 48.3 Å². The minimum absolute atomic E-state index is 0. The van der Waals surface area contributed by atoms with E-state index >= 15 is 0 Å². The average Bonchev–Trinajstić information content (AvgIpc) is 1.41. The molecule has 0 amide bonds. The number of rotatable bonds is 0. The van der Waals surface area contributed by atoms with Gasteiger partial charge in [0.25, 0.3) is 0 Å². The average molecular weight is 129 g/mol. The predicted molar refractivity (Wildman–Crippen MR) is 24.7 cm³/mol. The molecule has 0 aliphatic carbocycles. The molecular weight excluding hydrogens is 125 g/mol. The minimum atomic E-state index is -3.13. The Morgan fingerprint density at radius 3 is 1.43 bits per heavy atom. The van der Waals surface area contributed by atoms with Gasteiger partial charge in [-0.3, -0.25) is 4.46 Å². The van der Waals surface area contributed by atoms with Crippen LogP contribution in [0.1, 0.15) is 0 Å². The fraction of sp³-hybridized carbons (Fsp3) is 0. The summed E-state index contributed by atoms with van der Waals surface area (Å²) in [4.78, 5) is 14.3. The molecule has 0 saturated heterocycles. The van der Waals surface area contributed by atoms with E-state index in [1.807, 2.05) is 0 Å². The van der Waals surface area contributed by atoms with Gasteiger partial charge < -0.3 is 9.59 Å². The topological polar surface area (TPSA) is 81.3 Å². The summed E-state index contributed by atoms with van der Waals surface area (Å²) in [5.74, 6) is 0. The molecule has 0 aliphatic heterocycles. The van der Waals surface area contributed by atoms with E-state index in [1.54, 1.807) is 0 Å². The molecule has 0 aliphatic rings. The summed E-state index contributed by atoms with van der Waals surface area (Å²) in [6.07, 6.45) is 0. The zero-order valence-corrected chi connectivity index (χ0v) is 3.83. The molecule has 0 heterocycles. The van der Waals surface area contributed by atoms with Crippen LogP contribution in [0.15, 0.2) is 0 Å². The zero-order valence-electron chi connectivity index (χ0n) is 2.83. The first kappa shape index (κ1) is 15.7. The van der Waals surface area contributed by atoms with Gasteiger partial charge in [-0.15, -0.1) is 0 Å². The first-order valence-corrected chi connectivity index (χ1v) is 2.21. The van der Waals surface area contributed by atoms with Crippen LogP contribution in [0.25, 0.3) is 0 Å². The molecule has 0 spiro atoms. The van der Waals surface area contributed by atoms with Crippen molar-refractivity contribution in [3.05, 3.63) is 0 Å². The quantitative estimate of drug-likeness (QED) is 0.366. The number of nitriles is 1. The van der Waals surface area contributed by atoms with Crippen molar-refractivity contribution in [3.8, 4) is 6.57 Å². The van der Waals surface area contributed by atoms with Crippen molar-refractivity contribution in [1.82, 2.24) is 0 Å². The van der Waals surface area contributed by atoms with E-state index < -0.39 is 9.17 Å². The van der Waals surface area contributed by atoms with Gasteiger partial charge in [0.2, 0.25) is 0 Å². The van der Waals surface area contributed by atoms with E-state index in [0.717, 1.165) is 0 Å². The van der Waals surface area contributed by atoms with E-state index in [-0.39, 0.29) is 29.6 Å². The summed E-state index contributed by atoms with van der Waals surface area (Å²) in [7, 11) is -3.13. The van der Waals surface area contributed by atoms with Crippen molar-refractivity contribution < 1.29 is 14.1 Å². The van der Waals surface area contributed by atoms with E-state index in [4.69, 9.17) is 19.3 Å². The van der Waals surface area contributed by atoms with Crippen molar-refractivity contribution in [2.24, 2.45) is 0 Å². The van der Waals surface area contributed by atoms with Crippen LogP contribution in [0.4, 0.5) is 0 Å². The Morgan fingerprint density at radius 2 is 1.43 bits per heavy atom. The van der Waals surface area contributed by atoms with Gasteiger partial charge in [0, 0.05) is 6.57 Å². The second-order valence-electron chi connectivity index (χ2n) is 0.283. The fourth-order valence-electron chi connectivity index (χ4n) is 0. The summed E-state index contributed by atoms with van der Waals surface area (Å²) in [6.45, 7) is 3.50. The Labute approximate surface area is 64.6 Å². The molecule has 0 aromatic heterocycles. The Bertz CT molecular complexity index is 59.2. The van der Waals surface area contributed by atoms with Gasteiger partial charge in [-0.1, -0.05) is 0 Å². The zero-order chi connectivity index (χ0) is 5.58. The van der Waals surface area contributed by atoms with Crippen LogP contribution in [0.3, 0.4) is 0 Å². The predicted octanol–water partition coefficient (Wildman–Crippen LogP) is -2.12. The number of nitrogens with zero attached hydrogens (tertiary/aromatic N) is 1. The molecule has 0 atom stereocenters. The third-order valence-electron chi connectivity index (χ3n) is 0. The van der Waals surface area contributed by atoms with Crippen molar-refractivity contribution in [1.29, 1.82) is 5.26 Å². The van der Waals surface area contributed by atoms with E-state index in [1.165, 1.54) is 0 Å². The summed E-state index contributed by atoms with van der Waals surface area (Å²) in [5.41, 5.74) is 0. The molecule has 0 fully saturated rings. The Kier molecular flexibility index (Phi) is 37.0. The molecular formula is CH4NNaO3Si. The normalized spacial score (nSPS) is 3.71. The number of hydrogen-bond donors (Lipinski definition) is 2. The van der Waals surface area contributed by atoms with Gasteiger partial charge >= 0.3 is 38.7 Å². The maximum atomic E-state index is 8.74. The molecule has 36 valence electrons. The molecule has 0 bridgehead atoms. The van der Waals surface area contributed by atoms with Gasteiger partial charge in [-0.25, -0.2) is 5.26 Å². The molecule has 0 aromatic carbocycles. The van der Waals surface area contributed by atoms with E-state index in [0.29, 0.717) is 0 Å². The van der Waals surface area contributed by atoms with Gasteiger partial charge in [0.05, 0.1) is 0 Å². The van der Waals surface area contributed by atoms with Crippen molar-refractivity contribution in [3.63, 3.8) is 0 Å². The van der Waals surface area contributed by atoms with Gasteiger partial charge in [0.15, 0.2) is 0 Å². The van der Waals surface area contributed by atoms with E-state index in [9.17, 15) is 0 Å². The van der Waals surface area contributed by atoms with Crippen LogP contribution >= 0.6 is 0 Å². The van der Waals surface area contributed by atoms with Crippen LogP contribution in [0, 0.1) is 11.8 Å². The summed E-state index contributed by atoms with van der Waals surface area (Å²) < 4.78 is 8.74. The van der Waals surface area contributed by atoms with Crippen LogP contribution in [0.5, 0.6) is 0 Å². The Morgan fingerprint density at radius 1 is 1.43 bits per heavy atom. The molecule has 2 N–H and O–H groups in total. The second kappa shape index (κ2) is 16.5. The third kappa shape index (κ3) is 9020. The second-order valence-corrected chi connectivity index (χ2v) is 0.848. The Hall–Kier alpha value is 0.107. The van der Waals surface area contributed by atoms with Crippen molar-refractivity contribution in [2.75, 3.05) is 0 Å². The summed E-state index contributed by atoms with van der Waals surface area (Å²) in [6, 6.07) is 0. The molecule has 7 heavy (non-hydrogen) atoms. The molecule has 4 nitrogen and oxygen atoms in total. The molecule has 0 unspecified atom stereocenters. The van der Waals surface area contributed by atoms with Crippen LogP contribution in [-0.2, 0) is 4.46 Å². The summed E-state index contributed by atoms with van der Waals surface area (Å²) >= 11 is 0. The fourth-order valence-corrected chi connectivity index (χ4v) is 0. The van der Waals surface area contributed by atoms with Gasteiger partial charge in [-0.2, -0.15) is 0 Å². The molecule has 0 saturated carbocycles. The van der Waals surface area contributed by atoms with Gasteiger partial charge in [-0.05, 0) is 0 Å². The molecule has 0 aromatic rings. The van der Waals surface area contributed by atoms with Crippen LogP contribution < -0.4 is 0 Å². The van der Waals surface area contributed by atoms with E-state index in [2.05, 4.69) is 6.57 Å². The molecule has 0 radical (unpaired) electrons. The Balaban J connectivity index is -0.0000000480. The first-order valence-electron chi connectivity index (χ1n) is 0.910. The first-order chi connectivity index (χ1) is 2.73. The molecule has 6 heteroatoms. The molecule has 0 rings (SSSR count). The van der Waals surface area contributed by atoms with Crippen LogP contribution in [0.2, 0.25) is 0 Å². The third-order valence-corrected chi connectivity index (χ3v) is 0. The van der Waals surface area contributed by atoms with Crippen molar-refractivity contribution in [2.45, 2.75) is 0 Å². The summed E-state index contributed by atoms with van der Waals surface area (Å²) in [5, 5.41) is 6.50. The number of hydrogen-bond acceptors (Lipinski definition) is 2. The van der Waals surface area contributed by atoms with Crippen molar-refractivity contribution >= 4 is 38.7 Å². The van der Waals surface area contributed by atoms with Gasteiger partial charge in [0.1, 0.15) is 0 Å². The standard InChI is InChI=1S/CHN.Na.H2O3Si.H/c1-2;;1-4(2)3;/h1H;;1-2H;. The SMILES string of the molecule is C#N.O=[Si](O)O.[NaH].